The normalized spacial score (nSPS) is 29.1. The van der Waals surface area contributed by atoms with Crippen molar-refractivity contribution in [2.24, 2.45) is 23.5 Å². The zero-order valence-corrected chi connectivity index (χ0v) is 13.3. The fraction of sp³-hybridized carbons (Fsp3) is 0.882. The van der Waals surface area contributed by atoms with Crippen LogP contribution in [0.4, 0.5) is 0 Å². The van der Waals surface area contributed by atoms with Crippen LogP contribution in [0.1, 0.15) is 75.9 Å². The van der Waals surface area contributed by atoms with Gasteiger partial charge >= 0.3 is 0 Å². The molecule has 4 unspecified atom stereocenters. The molecule has 1 heterocycles. The molecule has 0 spiro atoms. The second-order valence-electron chi connectivity index (χ2n) is 7.10. The van der Waals surface area contributed by atoms with Crippen molar-refractivity contribution < 1.29 is 4.52 Å². The molecule has 2 aliphatic carbocycles. The maximum Gasteiger partial charge on any atom is 0.226 e. The van der Waals surface area contributed by atoms with Crippen molar-refractivity contribution >= 4 is 0 Å². The minimum atomic E-state index is 0.580. The fourth-order valence-corrected chi connectivity index (χ4v) is 4.49. The van der Waals surface area contributed by atoms with Gasteiger partial charge in [-0.3, -0.25) is 0 Å². The van der Waals surface area contributed by atoms with Gasteiger partial charge in [0.2, 0.25) is 5.89 Å². The molecule has 4 nitrogen and oxygen atoms in total. The molecule has 21 heavy (non-hydrogen) atoms. The lowest BCUT2D eigenvalue weighted by Gasteiger charge is -2.17. The van der Waals surface area contributed by atoms with Gasteiger partial charge in [-0.15, -0.1) is 0 Å². The summed E-state index contributed by atoms with van der Waals surface area (Å²) in [4.78, 5) is 4.69. The summed E-state index contributed by atoms with van der Waals surface area (Å²) in [7, 11) is 0. The molecule has 2 fully saturated rings. The van der Waals surface area contributed by atoms with E-state index >= 15 is 0 Å². The highest BCUT2D eigenvalue weighted by Gasteiger charge is 2.42. The van der Waals surface area contributed by atoms with Gasteiger partial charge in [0.15, 0.2) is 5.82 Å². The standard InChI is InChI=1S/C17H29N3O/c1-2-3-12(8-9-18)5-7-16-19-17(20-21-16)15-11-13-4-6-14(15)10-13/h12-15H,2-11,18H2,1H3. The smallest absolute Gasteiger partial charge is 0.226 e. The molecular formula is C17H29N3O. The van der Waals surface area contributed by atoms with E-state index in [0.29, 0.717) is 11.8 Å². The number of hydrogen-bond donors (Lipinski definition) is 1. The molecule has 0 saturated heterocycles. The highest BCUT2D eigenvalue weighted by Crippen LogP contribution is 2.52. The predicted molar refractivity (Wildman–Crippen MR) is 82.9 cm³/mol. The second-order valence-corrected chi connectivity index (χ2v) is 7.10. The molecular weight excluding hydrogens is 262 g/mol. The van der Waals surface area contributed by atoms with Gasteiger partial charge in [-0.2, -0.15) is 4.98 Å². The molecule has 4 heteroatoms. The molecule has 4 atom stereocenters. The summed E-state index contributed by atoms with van der Waals surface area (Å²) in [5, 5.41) is 4.28. The minimum absolute atomic E-state index is 0.580. The third-order valence-corrected chi connectivity index (χ3v) is 5.59. The van der Waals surface area contributed by atoms with Gasteiger partial charge in [0, 0.05) is 12.3 Å². The monoisotopic (exact) mass is 291 g/mol. The van der Waals surface area contributed by atoms with Gasteiger partial charge in [0.05, 0.1) is 0 Å². The SMILES string of the molecule is CCCC(CCN)CCc1nc(C2CC3CCC2C3)no1. The molecule has 0 aliphatic heterocycles. The summed E-state index contributed by atoms with van der Waals surface area (Å²) < 4.78 is 5.50. The zero-order chi connectivity index (χ0) is 14.7. The molecule has 2 bridgehead atoms. The van der Waals surface area contributed by atoms with E-state index in [2.05, 4.69) is 12.1 Å². The Labute approximate surface area is 127 Å². The number of fused-ring (bicyclic) bond motifs is 2. The summed E-state index contributed by atoms with van der Waals surface area (Å²) in [6.07, 6.45) is 11.1. The molecule has 2 saturated carbocycles. The number of rotatable bonds is 8. The van der Waals surface area contributed by atoms with Crippen LogP contribution in [0.2, 0.25) is 0 Å². The Morgan fingerprint density at radius 1 is 1.24 bits per heavy atom. The zero-order valence-electron chi connectivity index (χ0n) is 13.3. The molecule has 3 rings (SSSR count). The average molecular weight is 291 g/mol. The van der Waals surface area contributed by atoms with Crippen molar-refractivity contribution in [3.8, 4) is 0 Å². The summed E-state index contributed by atoms with van der Waals surface area (Å²) in [5.74, 6) is 4.87. The third kappa shape index (κ3) is 3.47. The van der Waals surface area contributed by atoms with Crippen LogP contribution in [0.15, 0.2) is 4.52 Å². The van der Waals surface area contributed by atoms with Crippen LogP contribution in [0.3, 0.4) is 0 Å². The number of aromatic nitrogens is 2. The Hall–Kier alpha value is -0.900. The third-order valence-electron chi connectivity index (χ3n) is 5.59. The van der Waals surface area contributed by atoms with Gasteiger partial charge < -0.3 is 10.3 Å². The van der Waals surface area contributed by atoms with Crippen LogP contribution in [-0.2, 0) is 6.42 Å². The average Bonchev–Trinajstić information content (AvgIpc) is 3.21. The number of aryl methyl sites for hydroxylation is 1. The van der Waals surface area contributed by atoms with Gasteiger partial charge in [0.1, 0.15) is 0 Å². The maximum atomic E-state index is 5.70. The maximum absolute atomic E-state index is 5.70. The van der Waals surface area contributed by atoms with E-state index in [1.807, 2.05) is 0 Å². The van der Waals surface area contributed by atoms with Crippen LogP contribution in [0, 0.1) is 17.8 Å². The van der Waals surface area contributed by atoms with Gasteiger partial charge in [-0.1, -0.05) is 31.3 Å². The van der Waals surface area contributed by atoms with E-state index in [1.165, 1.54) is 38.5 Å². The number of nitrogens with zero attached hydrogens (tertiary/aromatic N) is 2. The fourth-order valence-electron chi connectivity index (χ4n) is 4.49. The molecule has 1 aromatic heterocycles. The molecule has 0 radical (unpaired) electrons. The van der Waals surface area contributed by atoms with E-state index in [-0.39, 0.29) is 0 Å². The van der Waals surface area contributed by atoms with Crippen LogP contribution >= 0.6 is 0 Å². The lowest BCUT2D eigenvalue weighted by atomic mass is 9.88. The van der Waals surface area contributed by atoms with Crippen molar-refractivity contribution in [1.82, 2.24) is 10.1 Å². The first-order valence-electron chi connectivity index (χ1n) is 8.82. The largest absolute Gasteiger partial charge is 0.339 e. The first-order valence-corrected chi connectivity index (χ1v) is 8.82. The van der Waals surface area contributed by atoms with E-state index in [0.717, 1.165) is 49.4 Å². The quantitative estimate of drug-likeness (QED) is 0.793. The highest BCUT2D eigenvalue weighted by molar-refractivity contribution is 5.06. The Morgan fingerprint density at radius 3 is 2.81 bits per heavy atom. The van der Waals surface area contributed by atoms with E-state index < -0.39 is 0 Å². The summed E-state index contributed by atoms with van der Waals surface area (Å²) >= 11 is 0. The van der Waals surface area contributed by atoms with Crippen molar-refractivity contribution in [3.05, 3.63) is 11.7 Å². The van der Waals surface area contributed by atoms with Crippen LogP contribution in [0.25, 0.3) is 0 Å². The van der Waals surface area contributed by atoms with Crippen LogP contribution < -0.4 is 5.73 Å². The van der Waals surface area contributed by atoms with Gasteiger partial charge in [0.25, 0.3) is 0 Å². The highest BCUT2D eigenvalue weighted by atomic mass is 16.5. The summed E-state index contributed by atoms with van der Waals surface area (Å²) in [6, 6.07) is 0. The Bertz CT molecular complexity index is 439. The van der Waals surface area contributed by atoms with Crippen LogP contribution in [-0.4, -0.2) is 16.7 Å². The number of nitrogens with two attached hydrogens (primary N) is 1. The number of hydrogen-bond acceptors (Lipinski definition) is 4. The van der Waals surface area contributed by atoms with Crippen molar-refractivity contribution in [1.29, 1.82) is 0 Å². The Balaban J connectivity index is 1.53. The Morgan fingerprint density at radius 2 is 2.14 bits per heavy atom. The van der Waals surface area contributed by atoms with Crippen molar-refractivity contribution in [2.75, 3.05) is 6.54 Å². The first-order chi connectivity index (χ1) is 10.3. The van der Waals surface area contributed by atoms with E-state index in [1.54, 1.807) is 0 Å². The van der Waals surface area contributed by atoms with Gasteiger partial charge in [-0.05, 0) is 56.4 Å². The van der Waals surface area contributed by atoms with E-state index in [9.17, 15) is 0 Å². The molecule has 0 amide bonds. The molecule has 118 valence electrons. The summed E-state index contributed by atoms with van der Waals surface area (Å²) in [6.45, 7) is 3.02. The van der Waals surface area contributed by atoms with Crippen molar-refractivity contribution in [3.63, 3.8) is 0 Å². The Kier molecular flexibility index (Phi) is 4.94. The lowest BCUT2D eigenvalue weighted by molar-refractivity contribution is 0.336. The van der Waals surface area contributed by atoms with Gasteiger partial charge in [-0.25, -0.2) is 0 Å². The van der Waals surface area contributed by atoms with Crippen molar-refractivity contribution in [2.45, 2.75) is 70.6 Å². The molecule has 0 aromatic carbocycles. The molecule has 1 aromatic rings. The molecule has 2 aliphatic rings. The topological polar surface area (TPSA) is 64.9 Å². The second kappa shape index (κ2) is 6.91. The van der Waals surface area contributed by atoms with E-state index in [4.69, 9.17) is 15.2 Å². The molecule has 2 N–H and O–H groups in total. The lowest BCUT2D eigenvalue weighted by Crippen LogP contribution is -2.11. The van der Waals surface area contributed by atoms with Crippen LogP contribution in [0.5, 0.6) is 0 Å². The first kappa shape index (κ1) is 15.0. The summed E-state index contributed by atoms with van der Waals surface area (Å²) in [5.41, 5.74) is 5.70. The minimum Gasteiger partial charge on any atom is -0.339 e. The predicted octanol–water partition coefficient (Wildman–Crippen LogP) is 3.67.